The largest absolute Gasteiger partial charge is 0.384 e. The topological polar surface area (TPSA) is 53.2 Å². The molecule has 0 spiro atoms. The van der Waals surface area contributed by atoms with Crippen molar-refractivity contribution in [2.24, 2.45) is 5.92 Å². The van der Waals surface area contributed by atoms with E-state index in [0.717, 1.165) is 26.1 Å². The first-order chi connectivity index (χ1) is 9.66. The van der Waals surface area contributed by atoms with E-state index < -0.39 is 0 Å². The van der Waals surface area contributed by atoms with Crippen molar-refractivity contribution in [2.45, 2.75) is 33.2 Å². The Morgan fingerprint density at radius 2 is 2.25 bits per heavy atom. The van der Waals surface area contributed by atoms with Crippen LogP contribution in [0.2, 0.25) is 0 Å². The zero-order chi connectivity index (χ0) is 14.4. The molecule has 1 aromatic rings. The van der Waals surface area contributed by atoms with Crippen molar-refractivity contribution in [1.29, 1.82) is 0 Å². The Kier molecular flexibility index (Phi) is 5.41. The highest BCUT2D eigenvalue weighted by molar-refractivity contribution is 5.76. The van der Waals surface area contributed by atoms with Crippen LogP contribution in [0.5, 0.6) is 0 Å². The third kappa shape index (κ3) is 4.23. The van der Waals surface area contributed by atoms with E-state index in [0.29, 0.717) is 18.9 Å². The Hall–Kier alpha value is -1.55. The number of amides is 1. The van der Waals surface area contributed by atoms with E-state index in [1.807, 2.05) is 0 Å². The normalized spacial score (nSPS) is 13.2. The van der Waals surface area contributed by atoms with Gasteiger partial charge >= 0.3 is 0 Å². The van der Waals surface area contributed by atoms with E-state index in [1.165, 1.54) is 16.8 Å². The molecule has 20 heavy (non-hydrogen) atoms. The summed E-state index contributed by atoms with van der Waals surface area (Å²) in [5.74, 6) is 0.632. The van der Waals surface area contributed by atoms with Gasteiger partial charge < -0.3 is 16.0 Å². The first-order valence-electron chi connectivity index (χ1n) is 7.49. The summed E-state index contributed by atoms with van der Waals surface area (Å²) in [4.78, 5) is 11.6. The molecule has 0 bridgehead atoms. The van der Waals surface area contributed by atoms with Gasteiger partial charge in [-0.3, -0.25) is 4.79 Å². The third-order valence-corrected chi connectivity index (χ3v) is 3.48. The Balaban J connectivity index is 1.69. The van der Waals surface area contributed by atoms with Crippen molar-refractivity contribution in [3.63, 3.8) is 0 Å². The maximum Gasteiger partial charge on any atom is 0.221 e. The molecule has 1 aliphatic heterocycles. The monoisotopic (exact) mass is 275 g/mol. The Labute approximate surface area is 121 Å². The van der Waals surface area contributed by atoms with Gasteiger partial charge in [0.1, 0.15) is 0 Å². The number of fused-ring (bicyclic) bond motifs is 1. The standard InChI is InChI=1S/C16H25N3O/c1-12(2)10-19-15(20)7-8-17-11-14-5-3-4-13-6-9-18-16(13)14/h3-5,12,17-18H,6-11H2,1-2H3,(H,19,20). The van der Waals surface area contributed by atoms with Gasteiger partial charge in [-0.1, -0.05) is 32.0 Å². The van der Waals surface area contributed by atoms with Gasteiger partial charge in [-0.15, -0.1) is 0 Å². The molecule has 0 saturated heterocycles. The maximum atomic E-state index is 11.6. The van der Waals surface area contributed by atoms with Crippen LogP contribution < -0.4 is 16.0 Å². The number of para-hydroxylation sites is 1. The summed E-state index contributed by atoms with van der Waals surface area (Å²) in [5, 5.41) is 9.71. The van der Waals surface area contributed by atoms with Crippen LogP contribution in [0.25, 0.3) is 0 Å². The van der Waals surface area contributed by atoms with Crippen LogP contribution in [0.3, 0.4) is 0 Å². The van der Waals surface area contributed by atoms with Gasteiger partial charge in [-0.25, -0.2) is 0 Å². The minimum Gasteiger partial charge on any atom is -0.384 e. The SMILES string of the molecule is CC(C)CNC(=O)CCNCc1cccc2c1NCC2. The third-order valence-electron chi connectivity index (χ3n) is 3.48. The van der Waals surface area contributed by atoms with Crippen molar-refractivity contribution in [3.05, 3.63) is 29.3 Å². The van der Waals surface area contributed by atoms with E-state index >= 15 is 0 Å². The Bertz CT molecular complexity index is 457. The van der Waals surface area contributed by atoms with Crippen molar-refractivity contribution in [1.82, 2.24) is 10.6 Å². The van der Waals surface area contributed by atoms with Crippen LogP contribution in [-0.2, 0) is 17.8 Å². The summed E-state index contributed by atoms with van der Waals surface area (Å²) in [7, 11) is 0. The average molecular weight is 275 g/mol. The fraction of sp³-hybridized carbons (Fsp3) is 0.562. The fourth-order valence-electron chi connectivity index (χ4n) is 2.39. The van der Waals surface area contributed by atoms with Crippen LogP contribution in [-0.4, -0.2) is 25.5 Å². The molecule has 0 aliphatic carbocycles. The van der Waals surface area contributed by atoms with Crippen molar-refractivity contribution < 1.29 is 4.79 Å². The molecule has 0 atom stereocenters. The Morgan fingerprint density at radius 1 is 1.40 bits per heavy atom. The molecule has 110 valence electrons. The van der Waals surface area contributed by atoms with Crippen LogP contribution in [0.1, 0.15) is 31.4 Å². The molecule has 0 radical (unpaired) electrons. The molecule has 1 amide bonds. The first kappa shape index (κ1) is 14.9. The molecule has 2 rings (SSSR count). The van der Waals surface area contributed by atoms with Crippen LogP contribution in [0.4, 0.5) is 5.69 Å². The van der Waals surface area contributed by atoms with E-state index in [1.54, 1.807) is 0 Å². The van der Waals surface area contributed by atoms with E-state index in [2.05, 4.69) is 48.0 Å². The highest BCUT2D eigenvalue weighted by Crippen LogP contribution is 2.25. The summed E-state index contributed by atoms with van der Waals surface area (Å²) in [6, 6.07) is 6.43. The van der Waals surface area contributed by atoms with Gasteiger partial charge in [0.25, 0.3) is 0 Å². The predicted molar refractivity (Wildman–Crippen MR) is 82.8 cm³/mol. The average Bonchev–Trinajstić information content (AvgIpc) is 2.90. The number of carbonyl (C=O) groups excluding carboxylic acids is 1. The minimum absolute atomic E-state index is 0.127. The van der Waals surface area contributed by atoms with Crippen LogP contribution in [0, 0.1) is 5.92 Å². The molecule has 0 fully saturated rings. The second kappa shape index (κ2) is 7.29. The highest BCUT2D eigenvalue weighted by atomic mass is 16.1. The lowest BCUT2D eigenvalue weighted by Crippen LogP contribution is -2.30. The molecule has 1 aromatic carbocycles. The summed E-state index contributed by atoms with van der Waals surface area (Å²) in [6.45, 7) is 7.52. The summed E-state index contributed by atoms with van der Waals surface area (Å²) < 4.78 is 0. The molecule has 4 nitrogen and oxygen atoms in total. The second-order valence-electron chi connectivity index (χ2n) is 5.75. The smallest absolute Gasteiger partial charge is 0.221 e. The van der Waals surface area contributed by atoms with Gasteiger partial charge in [0.05, 0.1) is 0 Å². The predicted octanol–water partition coefficient (Wildman–Crippen LogP) is 1.91. The van der Waals surface area contributed by atoms with Crippen LogP contribution in [0.15, 0.2) is 18.2 Å². The van der Waals surface area contributed by atoms with Crippen molar-refractivity contribution in [2.75, 3.05) is 25.0 Å². The second-order valence-corrected chi connectivity index (χ2v) is 5.75. The summed E-state index contributed by atoms with van der Waals surface area (Å²) >= 11 is 0. The lowest BCUT2D eigenvalue weighted by Gasteiger charge is -2.11. The zero-order valence-corrected chi connectivity index (χ0v) is 12.5. The lowest BCUT2D eigenvalue weighted by molar-refractivity contribution is -0.121. The molecule has 1 aliphatic rings. The molecule has 0 unspecified atom stereocenters. The highest BCUT2D eigenvalue weighted by Gasteiger charge is 2.12. The Morgan fingerprint density at radius 3 is 3.05 bits per heavy atom. The van der Waals surface area contributed by atoms with E-state index in [-0.39, 0.29) is 5.91 Å². The molecule has 4 heteroatoms. The maximum absolute atomic E-state index is 11.6. The fourth-order valence-corrected chi connectivity index (χ4v) is 2.39. The van der Waals surface area contributed by atoms with Crippen molar-refractivity contribution >= 4 is 11.6 Å². The molecule has 1 heterocycles. The van der Waals surface area contributed by atoms with Gasteiger partial charge in [0.2, 0.25) is 5.91 Å². The molecule has 0 aromatic heterocycles. The van der Waals surface area contributed by atoms with E-state index in [9.17, 15) is 4.79 Å². The molecule has 3 N–H and O–H groups in total. The first-order valence-corrected chi connectivity index (χ1v) is 7.49. The zero-order valence-electron chi connectivity index (χ0n) is 12.5. The van der Waals surface area contributed by atoms with Gasteiger partial charge in [-0.2, -0.15) is 0 Å². The van der Waals surface area contributed by atoms with Gasteiger partial charge in [0.15, 0.2) is 0 Å². The number of rotatable bonds is 7. The number of hydrogen-bond donors (Lipinski definition) is 3. The van der Waals surface area contributed by atoms with E-state index in [4.69, 9.17) is 0 Å². The number of benzene rings is 1. The molecule has 0 saturated carbocycles. The number of carbonyl (C=O) groups is 1. The summed E-state index contributed by atoms with van der Waals surface area (Å²) in [6.07, 6.45) is 1.65. The lowest BCUT2D eigenvalue weighted by atomic mass is 10.1. The number of hydrogen-bond acceptors (Lipinski definition) is 3. The minimum atomic E-state index is 0.127. The molecular formula is C16H25N3O. The van der Waals surface area contributed by atoms with Gasteiger partial charge in [0, 0.05) is 38.3 Å². The van der Waals surface area contributed by atoms with Crippen molar-refractivity contribution in [3.8, 4) is 0 Å². The molecular weight excluding hydrogens is 250 g/mol. The summed E-state index contributed by atoms with van der Waals surface area (Å²) in [5.41, 5.74) is 3.98. The quantitative estimate of drug-likeness (QED) is 0.666. The van der Waals surface area contributed by atoms with Gasteiger partial charge in [-0.05, 0) is 23.5 Å². The number of nitrogens with one attached hydrogen (secondary N) is 3. The van der Waals surface area contributed by atoms with Crippen LogP contribution >= 0.6 is 0 Å². The number of anilines is 1.